The van der Waals surface area contributed by atoms with Gasteiger partial charge in [0.15, 0.2) is 5.11 Å². The lowest BCUT2D eigenvalue weighted by Crippen LogP contribution is -2.32. The molecule has 2 aromatic carbocycles. The van der Waals surface area contributed by atoms with E-state index >= 15 is 0 Å². The minimum atomic E-state index is -0.259. The Morgan fingerprint density at radius 1 is 1.13 bits per heavy atom. The number of amides is 1. The molecule has 0 fully saturated rings. The number of aryl methyl sites for hydroxylation is 2. The minimum Gasteiger partial charge on any atom is -0.332 e. The van der Waals surface area contributed by atoms with Crippen LogP contribution in [-0.4, -0.2) is 11.0 Å². The van der Waals surface area contributed by atoms with Crippen LogP contribution in [0.25, 0.3) is 6.08 Å². The highest BCUT2D eigenvalue weighted by atomic mass is 127. The molecule has 2 rings (SSSR count). The first kappa shape index (κ1) is 17.6. The molecule has 0 aliphatic rings. The van der Waals surface area contributed by atoms with Crippen LogP contribution >= 0.6 is 34.8 Å². The van der Waals surface area contributed by atoms with Gasteiger partial charge in [0.1, 0.15) is 0 Å². The molecule has 0 aliphatic carbocycles. The summed E-state index contributed by atoms with van der Waals surface area (Å²) in [6.45, 7) is 4.09. The lowest BCUT2D eigenvalue weighted by atomic mass is 10.1. The Bertz CT molecular complexity index is 734. The molecule has 0 saturated carbocycles. The van der Waals surface area contributed by atoms with Crippen LogP contribution in [0.1, 0.15) is 16.7 Å². The number of hydrogen-bond donors (Lipinski definition) is 2. The van der Waals surface area contributed by atoms with Gasteiger partial charge >= 0.3 is 0 Å². The van der Waals surface area contributed by atoms with Gasteiger partial charge in [-0.25, -0.2) is 0 Å². The van der Waals surface area contributed by atoms with E-state index in [1.165, 1.54) is 20.8 Å². The number of thiocarbonyl (C=S) groups is 1. The summed E-state index contributed by atoms with van der Waals surface area (Å²) in [5, 5.41) is 5.97. The van der Waals surface area contributed by atoms with E-state index in [0.29, 0.717) is 0 Å². The maximum Gasteiger partial charge on any atom is 0.250 e. The fourth-order valence-electron chi connectivity index (χ4n) is 2.07. The lowest BCUT2D eigenvalue weighted by molar-refractivity contribution is -0.115. The summed E-state index contributed by atoms with van der Waals surface area (Å²) >= 11 is 7.50. The zero-order chi connectivity index (χ0) is 16.8. The summed E-state index contributed by atoms with van der Waals surface area (Å²) in [6, 6.07) is 13.6. The Hall–Kier alpha value is -1.73. The molecule has 2 aromatic rings. The molecule has 0 spiro atoms. The second-order valence-electron chi connectivity index (χ2n) is 5.11. The van der Waals surface area contributed by atoms with Gasteiger partial charge in [-0.2, -0.15) is 0 Å². The van der Waals surface area contributed by atoms with Gasteiger partial charge in [-0.15, -0.1) is 0 Å². The Kier molecular flexibility index (Phi) is 6.29. The molecule has 2 N–H and O–H groups in total. The summed E-state index contributed by atoms with van der Waals surface area (Å²) in [4.78, 5) is 11.9. The maximum atomic E-state index is 11.9. The maximum absolute atomic E-state index is 11.9. The van der Waals surface area contributed by atoms with E-state index in [4.69, 9.17) is 12.2 Å². The highest BCUT2D eigenvalue weighted by Gasteiger charge is 2.05. The number of benzene rings is 2. The van der Waals surface area contributed by atoms with Gasteiger partial charge in [-0.05, 0) is 83.6 Å². The van der Waals surface area contributed by atoms with E-state index in [1.54, 1.807) is 6.08 Å². The third kappa shape index (κ3) is 5.44. The molecule has 118 valence electrons. The Morgan fingerprint density at radius 3 is 2.35 bits per heavy atom. The van der Waals surface area contributed by atoms with Crippen LogP contribution in [0.3, 0.4) is 0 Å². The minimum absolute atomic E-state index is 0.259. The van der Waals surface area contributed by atoms with Crippen LogP contribution < -0.4 is 10.6 Å². The molecule has 0 radical (unpaired) electrons. The predicted molar refractivity (Wildman–Crippen MR) is 108 cm³/mol. The first-order valence-corrected chi connectivity index (χ1v) is 8.56. The van der Waals surface area contributed by atoms with Crippen molar-refractivity contribution < 1.29 is 4.79 Å². The molecular weight excluding hydrogens is 419 g/mol. The van der Waals surface area contributed by atoms with E-state index in [-0.39, 0.29) is 11.0 Å². The molecule has 0 bridgehead atoms. The van der Waals surface area contributed by atoms with Crippen molar-refractivity contribution in [2.45, 2.75) is 13.8 Å². The van der Waals surface area contributed by atoms with Gasteiger partial charge < -0.3 is 5.32 Å². The van der Waals surface area contributed by atoms with Crippen molar-refractivity contribution >= 4 is 57.6 Å². The van der Waals surface area contributed by atoms with E-state index in [1.807, 2.05) is 56.3 Å². The molecule has 0 atom stereocenters. The zero-order valence-electron chi connectivity index (χ0n) is 12.9. The van der Waals surface area contributed by atoms with Crippen LogP contribution in [0.2, 0.25) is 0 Å². The summed E-state index contributed by atoms with van der Waals surface area (Å²) in [5.74, 6) is -0.259. The molecule has 0 aromatic heterocycles. The van der Waals surface area contributed by atoms with Crippen LogP contribution in [0.5, 0.6) is 0 Å². The summed E-state index contributed by atoms with van der Waals surface area (Å²) in [7, 11) is 0. The van der Waals surface area contributed by atoms with Crippen LogP contribution in [0.15, 0.2) is 48.5 Å². The van der Waals surface area contributed by atoms with Crippen molar-refractivity contribution in [2.75, 3.05) is 5.32 Å². The van der Waals surface area contributed by atoms with Gasteiger partial charge in [0.2, 0.25) is 5.91 Å². The van der Waals surface area contributed by atoms with E-state index in [2.05, 4.69) is 33.2 Å². The highest BCUT2D eigenvalue weighted by Crippen LogP contribution is 2.21. The van der Waals surface area contributed by atoms with Gasteiger partial charge in [0.05, 0.1) is 0 Å². The molecule has 5 heteroatoms. The quantitative estimate of drug-likeness (QED) is 0.425. The van der Waals surface area contributed by atoms with Crippen molar-refractivity contribution in [3.8, 4) is 0 Å². The molecule has 3 nitrogen and oxygen atoms in total. The monoisotopic (exact) mass is 436 g/mol. The molecule has 23 heavy (non-hydrogen) atoms. The van der Waals surface area contributed by atoms with E-state index in [9.17, 15) is 4.79 Å². The average molecular weight is 436 g/mol. The number of anilines is 1. The smallest absolute Gasteiger partial charge is 0.250 e. The Morgan fingerprint density at radius 2 is 1.74 bits per heavy atom. The number of carbonyl (C=O) groups excluding carboxylic acids is 1. The third-order valence-electron chi connectivity index (χ3n) is 3.16. The number of halogens is 1. The summed E-state index contributed by atoms with van der Waals surface area (Å²) in [5.41, 5.74) is 4.18. The van der Waals surface area contributed by atoms with Crippen LogP contribution in [0.4, 0.5) is 5.69 Å². The average Bonchev–Trinajstić information content (AvgIpc) is 2.51. The van der Waals surface area contributed by atoms with Crippen molar-refractivity contribution in [2.24, 2.45) is 0 Å². The van der Waals surface area contributed by atoms with Crippen molar-refractivity contribution in [3.05, 3.63) is 68.8 Å². The standard InChI is InChI=1S/C18H17IN2OS/c1-12-10-15(11-13(2)17(12)19)20-18(23)21-16(22)9-8-14-6-4-3-5-7-14/h3-11H,1-2H3,(H2,20,21,22,23)/b9-8+. The van der Waals surface area contributed by atoms with E-state index in [0.717, 1.165) is 11.3 Å². The van der Waals surface area contributed by atoms with Crippen LogP contribution in [-0.2, 0) is 4.79 Å². The number of carbonyl (C=O) groups is 1. The van der Waals surface area contributed by atoms with Gasteiger partial charge in [0.25, 0.3) is 0 Å². The highest BCUT2D eigenvalue weighted by molar-refractivity contribution is 14.1. The molecule has 0 heterocycles. The second kappa shape index (κ2) is 8.21. The molecule has 0 unspecified atom stereocenters. The zero-order valence-corrected chi connectivity index (χ0v) is 15.9. The largest absolute Gasteiger partial charge is 0.332 e. The lowest BCUT2D eigenvalue weighted by Gasteiger charge is -2.11. The normalized spacial score (nSPS) is 10.6. The predicted octanol–water partition coefficient (Wildman–Crippen LogP) is 4.43. The molecular formula is C18H17IN2OS. The Balaban J connectivity index is 1.94. The van der Waals surface area contributed by atoms with E-state index < -0.39 is 0 Å². The topological polar surface area (TPSA) is 41.1 Å². The first-order chi connectivity index (χ1) is 11.0. The fourth-order valence-corrected chi connectivity index (χ4v) is 2.60. The number of rotatable bonds is 3. The SMILES string of the molecule is Cc1cc(NC(=S)NC(=O)/C=C/c2ccccc2)cc(C)c1I. The second-order valence-corrected chi connectivity index (χ2v) is 6.60. The van der Waals surface area contributed by atoms with Crippen molar-refractivity contribution in [1.29, 1.82) is 0 Å². The van der Waals surface area contributed by atoms with Crippen LogP contribution in [0, 0.1) is 17.4 Å². The number of nitrogens with one attached hydrogen (secondary N) is 2. The first-order valence-electron chi connectivity index (χ1n) is 7.07. The van der Waals surface area contributed by atoms with Gasteiger partial charge in [0, 0.05) is 15.3 Å². The molecule has 1 amide bonds. The summed E-state index contributed by atoms with van der Waals surface area (Å²) in [6.07, 6.45) is 3.21. The molecule has 0 aliphatic heterocycles. The fraction of sp³-hybridized carbons (Fsp3) is 0.111. The Labute approximate surface area is 155 Å². The van der Waals surface area contributed by atoms with Gasteiger partial charge in [-0.3, -0.25) is 10.1 Å². The molecule has 0 saturated heterocycles. The van der Waals surface area contributed by atoms with Gasteiger partial charge in [-0.1, -0.05) is 30.3 Å². The summed E-state index contributed by atoms with van der Waals surface area (Å²) < 4.78 is 1.23. The third-order valence-corrected chi connectivity index (χ3v) is 5.06. The van der Waals surface area contributed by atoms with Crippen molar-refractivity contribution in [3.63, 3.8) is 0 Å². The van der Waals surface area contributed by atoms with Crippen molar-refractivity contribution in [1.82, 2.24) is 5.32 Å². The number of hydrogen-bond acceptors (Lipinski definition) is 2.